The monoisotopic (exact) mass is 540 g/mol. The van der Waals surface area contributed by atoms with Crippen molar-refractivity contribution < 1.29 is 19.1 Å². The van der Waals surface area contributed by atoms with Crippen molar-refractivity contribution in [3.8, 4) is 5.75 Å². The van der Waals surface area contributed by atoms with Crippen LogP contribution in [0.2, 0.25) is 0 Å². The fourth-order valence-electron chi connectivity index (χ4n) is 6.56. The van der Waals surface area contributed by atoms with E-state index in [2.05, 4.69) is 10.2 Å². The molecule has 6 rings (SSSR count). The lowest BCUT2D eigenvalue weighted by Crippen LogP contribution is -2.68. The van der Waals surface area contributed by atoms with Crippen LogP contribution in [0.15, 0.2) is 77.6 Å². The molecule has 9 heteroatoms. The van der Waals surface area contributed by atoms with Gasteiger partial charge in [-0.25, -0.2) is 9.69 Å². The third-order valence-corrected chi connectivity index (χ3v) is 8.27. The van der Waals surface area contributed by atoms with E-state index in [4.69, 9.17) is 4.74 Å². The highest BCUT2D eigenvalue weighted by Crippen LogP contribution is 2.39. The molecule has 0 aliphatic carbocycles. The number of fused-ring (bicyclic) bond motifs is 4. The first-order valence-electron chi connectivity index (χ1n) is 13.8. The number of benzene rings is 2. The van der Waals surface area contributed by atoms with E-state index in [-0.39, 0.29) is 30.4 Å². The standard InChI is InChI=1S/C31H32N4O5/c1-2-40-25-13-11-21(12-14-25)16-31(28(37)32-30(39)35(29(31)38)24-7-4-3-5-8-24)20-33-17-22-15-23(19-33)26-9-6-10-27(36)34(26)18-22/h3-14,22-23H,2,15-20H2,1H3,(H,32,37,39)/t22-,23+,31-/m0/s1. The van der Waals surface area contributed by atoms with Gasteiger partial charge in [-0.3, -0.25) is 19.7 Å². The fraction of sp³-hybridized carbons (Fsp3) is 0.355. The van der Waals surface area contributed by atoms with Gasteiger partial charge in [0.05, 0.1) is 12.3 Å². The molecule has 4 amide bonds. The molecule has 3 atom stereocenters. The van der Waals surface area contributed by atoms with Gasteiger partial charge in [-0.15, -0.1) is 0 Å². The number of nitrogens with zero attached hydrogens (tertiary/aromatic N) is 3. The summed E-state index contributed by atoms with van der Waals surface area (Å²) in [4.78, 5) is 56.9. The van der Waals surface area contributed by atoms with Crippen LogP contribution >= 0.6 is 0 Å². The Labute approximate surface area is 232 Å². The minimum Gasteiger partial charge on any atom is -0.494 e. The summed E-state index contributed by atoms with van der Waals surface area (Å²) >= 11 is 0. The summed E-state index contributed by atoms with van der Waals surface area (Å²) in [7, 11) is 0. The van der Waals surface area contributed by atoms with E-state index in [9.17, 15) is 19.2 Å². The number of urea groups is 1. The molecule has 1 N–H and O–H groups in total. The molecule has 0 saturated carbocycles. The van der Waals surface area contributed by atoms with Gasteiger partial charge in [-0.1, -0.05) is 36.4 Å². The van der Waals surface area contributed by atoms with Crippen molar-refractivity contribution in [3.63, 3.8) is 0 Å². The van der Waals surface area contributed by atoms with Crippen LogP contribution in [0.3, 0.4) is 0 Å². The average Bonchev–Trinajstić information content (AvgIpc) is 2.94. The maximum atomic E-state index is 14.4. The second kappa shape index (κ2) is 10.4. The molecule has 3 aliphatic rings. The van der Waals surface area contributed by atoms with Crippen LogP contribution in [0.1, 0.15) is 30.5 Å². The lowest BCUT2D eigenvalue weighted by molar-refractivity contribution is -0.144. The third kappa shape index (κ3) is 4.60. The number of hydrogen-bond acceptors (Lipinski definition) is 6. The Bertz CT molecular complexity index is 1500. The van der Waals surface area contributed by atoms with E-state index >= 15 is 0 Å². The lowest BCUT2D eigenvalue weighted by Gasteiger charge is -2.47. The van der Waals surface area contributed by atoms with Gasteiger partial charge in [0, 0.05) is 43.9 Å². The summed E-state index contributed by atoms with van der Waals surface area (Å²) in [6.07, 6.45) is 1.09. The number of likely N-dealkylation sites (tertiary alicyclic amines) is 1. The van der Waals surface area contributed by atoms with Gasteiger partial charge < -0.3 is 14.2 Å². The summed E-state index contributed by atoms with van der Waals surface area (Å²) in [5.74, 6) is -0.0665. The number of imide groups is 2. The highest BCUT2D eigenvalue weighted by atomic mass is 16.5. The number of piperidine rings is 1. The van der Waals surface area contributed by atoms with E-state index in [1.165, 1.54) is 0 Å². The minimum absolute atomic E-state index is 0.00599. The number of aromatic nitrogens is 1. The van der Waals surface area contributed by atoms with E-state index < -0.39 is 23.3 Å². The van der Waals surface area contributed by atoms with Crippen molar-refractivity contribution in [2.75, 3.05) is 31.1 Å². The molecule has 9 nitrogen and oxygen atoms in total. The Morgan fingerprint density at radius 2 is 1.68 bits per heavy atom. The maximum absolute atomic E-state index is 14.4. The maximum Gasteiger partial charge on any atom is 0.335 e. The normalized spacial score (nSPS) is 24.4. The zero-order valence-corrected chi connectivity index (χ0v) is 22.4. The van der Waals surface area contributed by atoms with E-state index in [1.54, 1.807) is 36.4 Å². The molecule has 40 heavy (non-hydrogen) atoms. The predicted octanol–water partition coefficient (Wildman–Crippen LogP) is 3.18. The topological polar surface area (TPSA) is 101 Å². The van der Waals surface area contributed by atoms with Crippen molar-refractivity contribution in [3.05, 3.63) is 94.4 Å². The van der Waals surface area contributed by atoms with Gasteiger partial charge in [-0.05, 0) is 61.6 Å². The van der Waals surface area contributed by atoms with E-state index in [0.717, 1.165) is 22.6 Å². The SMILES string of the molecule is CCOc1ccc(C[C@]2(CN3C[C@@H]4C[C@H](C3)c3cccc(=O)n3C4)C(=O)NC(=O)N(c3ccccc3)C2=O)cc1. The highest BCUT2D eigenvalue weighted by molar-refractivity contribution is 6.30. The minimum atomic E-state index is -1.53. The van der Waals surface area contributed by atoms with Crippen molar-refractivity contribution in [2.45, 2.75) is 32.2 Å². The Morgan fingerprint density at radius 3 is 2.42 bits per heavy atom. The van der Waals surface area contributed by atoms with Crippen LogP contribution in [-0.4, -0.2) is 53.6 Å². The van der Waals surface area contributed by atoms with Gasteiger partial charge in [-0.2, -0.15) is 0 Å². The molecule has 1 aromatic heterocycles. The smallest absolute Gasteiger partial charge is 0.335 e. The second-order valence-electron chi connectivity index (χ2n) is 11.0. The van der Waals surface area contributed by atoms with E-state index in [1.807, 2.05) is 47.9 Å². The van der Waals surface area contributed by atoms with Gasteiger partial charge in [0.2, 0.25) is 5.91 Å². The van der Waals surface area contributed by atoms with Crippen molar-refractivity contribution in [1.29, 1.82) is 0 Å². The predicted molar refractivity (Wildman–Crippen MR) is 149 cm³/mol. The zero-order valence-electron chi connectivity index (χ0n) is 22.4. The van der Waals surface area contributed by atoms with Crippen LogP contribution in [0.25, 0.3) is 0 Å². The number of nitrogens with one attached hydrogen (secondary N) is 1. The molecule has 2 aromatic carbocycles. The number of para-hydroxylation sites is 1. The average molecular weight is 541 g/mol. The molecule has 0 radical (unpaired) electrons. The number of barbiturate groups is 1. The molecule has 0 unspecified atom stereocenters. The molecular formula is C31H32N4O5. The molecule has 206 valence electrons. The molecule has 3 aromatic rings. The number of ether oxygens (including phenoxy) is 1. The number of pyridine rings is 1. The van der Waals surface area contributed by atoms with Gasteiger partial charge in [0.1, 0.15) is 11.2 Å². The van der Waals surface area contributed by atoms with Crippen LogP contribution < -0.4 is 20.5 Å². The summed E-state index contributed by atoms with van der Waals surface area (Å²) in [6, 6.07) is 20.7. The molecule has 0 spiro atoms. The summed E-state index contributed by atoms with van der Waals surface area (Å²) in [5, 5.41) is 2.49. The van der Waals surface area contributed by atoms with Crippen LogP contribution in [0, 0.1) is 11.3 Å². The van der Waals surface area contributed by atoms with Crippen LogP contribution in [-0.2, 0) is 22.6 Å². The number of carbonyl (C=O) groups is 3. The fourth-order valence-corrected chi connectivity index (χ4v) is 6.56. The number of amides is 4. The van der Waals surface area contributed by atoms with Crippen molar-refractivity contribution >= 4 is 23.5 Å². The first kappa shape index (κ1) is 26.0. The first-order chi connectivity index (χ1) is 19.4. The van der Waals surface area contributed by atoms with E-state index in [0.29, 0.717) is 37.7 Å². The summed E-state index contributed by atoms with van der Waals surface area (Å²) in [6.45, 7) is 4.48. The molecular weight excluding hydrogens is 508 g/mol. The number of carbonyl (C=O) groups excluding carboxylic acids is 3. The van der Waals surface area contributed by atoms with Crippen LogP contribution in [0.5, 0.6) is 5.75 Å². The Morgan fingerprint density at radius 1 is 0.900 bits per heavy atom. The van der Waals surface area contributed by atoms with Gasteiger partial charge in [0.25, 0.3) is 11.5 Å². The Hall–Kier alpha value is -4.24. The Kier molecular flexibility index (Phi) is 6.75. The second-order valence-corrected chi connectivity index (χ2v) is 11.0. The number of rotatable bonds is 7. The number of hydrogen-bond donors (Lipinski definition) is 1. The first-order valence-corrected chi connectivity index (χ1v) is 13.8. The lowest BCUT2D eigenvalue weighted by atomic mass is 9.75. The molecule has 4 heterocycles. The molecule has 2 fully saturated rings. The summed E-state index contributed by atoms with van der Waals surface area (Å²) < 4.78 is 7.44. The third-order valence-electron chi connectivity index (χ3n) is 8.27. The zero-order chi connectivity index (χ0) is 27.9. The van der Waals surface area contributed by atoms with Gasteiger partial charge >= 0.3 is 6.03 Å². The summed E-state index contributed by atoms with van der Waals surface area (Å²) in [5.41, 5.74) is 0.681. The quantitative estimate of drug-likeness (QED) is 0.462. The number of anilines is 1. The van der Waals surface area contributed by atoms with Crippen LogP contribution in [0.4, 0.5) is 10.5 Å². The van der Waals surface area contributed by atoms with Gasteiger partial charge in [0.15, 0.2) is 0 Å². The molecule has 2 saturated heterocycles. The highest BCUT2D eigenvalue weighted by Gasteiger charge is 2.55. The van der Waals surface area contributed by atoms with Crippen molar-refractivity contribution in [1.82, 2.24) is 14.8 Å². The van der Waals surface area contributed by atoms with Crippen molar-refractivity contribution in [2.24, 2.45) is 11.3 Å². The Balaban J connectivity index is 1.36. The largest absolute Gasteiger partial charge is 0.494 e. The molecule has 3 aliphatic heterocycles. The molecule has 2 bridgehead atoms.